The van der Waals surface area contributed by atoms with Crippen LogP contribution in [0.4, 0.5) is 0 Å². The third-order valence-electron chi connectivity index (χ3n) is 4.25. The summed E-state index contributed by atoms with van der Waals surface area (Å²) < 4.78 is 0. The molecule has 0 spiro atoms. The van der Waals surface area contributed by atoms with E-state index in [0.717, 1.165) is 30.5 Å². The lowest BCUT2D eigenvalue weighted by Gasteiger charge is -2.38. The number of nitrogens with zero attached hydrogens (tertiary/aromatic N) is 1. The normalized spacial score (nSPS) is 21.3. The SMILES string of the molecule is Cc1cccc(C(=O)N2CCCC[C@@H]2[C@@H](C)N)c1C. The number of hydrogen-bond donors (Lipinski definition) is 1. The third kappa shape index (κ3) is 2.81. The second kappa shape index (κ2) is 5.74. The molecular weight excluding hydrogens is 236 g/mol. The number of piperidine rings is 1. The first-order valence-corrected chi connectivity index (χ1v) is 7.15. The molecule has 2 N–H and O–H groups in total. The molecule has 19 heavy (non-hydrogen) atoms. The van der Waals surface area contributed by atoms with E-state index in [-0.39, 0.29) is 18.0 Å². The molecule has 0 unspecified atom stereocenters. The molecule has 1 aromatic carbocycles. The molecular formula is C16H24N2O. The second-order valence-corrected chi connectivity index (χ2v) is 5.67. The molecule has 1 aliphatic heterocycles. The molecule has 3 nitrogen and oxygen atoms in total. The quantitative estimate of drug-likeness (QED) is 0.888. The zero-order chi connectivity index (χ0) is 14.0. The van der Waals surface area contributed by atoms with E-state index in [1.807, 2.05) is 43.9 Å². The summed E-state index contributed by atoms with van der Waals surface area (Å²) >= 11 is 0. The molecule has 1 amide bonds. The lowest BCUT2D eigenvalue weighted by atomic mass is 9.94. The van der Waals surface area contributed by atoms with Gasteiger partial charge in [0.1, 0.15) is 0 Å². The van der Waals surface area contributed by atoms with E-state index >= 15 is 0 Å². The molecule has 2 atom stereocenters. The zero-order valence-corrected chi connectivity index (χ0v) is 12.1. The maximum absolute atomic E-state index is 12.8. The molecule has 0 saturated carbocycles. The summed E-state index contributed by atoms with van der Waals surface area (Å²) in [5.41, 5.74) is 9.13. The van der Waals surface area contributed by atoms with Gasteiger partial charge in [-0.05, 0) is 57.2 Å². The minimum Gasteiger partial charge on any atom is -0.334 e. The van der Waals surface area contributed by atoms with Crippen molar-refractivity contribution >= 4 is 5.91 Å². The van der Waals surface area contributed by atoms with Crippen LogP contribution in [0.1, 0.15) is 47.7 Å². The van der Waals surface area contributed by atoms with E-state index < -0.39 is 0 Å². The molecule has 3 heteroatoms. The van der Waals surface area contributed by atoms with E-state index in [1.54, 1.807) is 0 Å². The van der Waals surface area contributed by atoms with E-state index in [1.165, 1.54) is 12.0 Å². The molecule has 1 aliphatic rings. The first-order valence-electron chi connectivity index (χ1n) is 7.15. The summed E-state index contributed by atoms with van der Waals surface area (Å²) in [5.74, 6) is 0.142. The first kappa shape index (κ1) is 14.1. The number of amides is 1. The van der Waals surface area contributed by atoms with Gasteiger partial charge in [-0.1, -0.05) is 12.1 Å². The third-order valence-corrected chi connectivity index (χ3v) is 4.25. The molecule has 0 aromatic heterocycles. The molecule has 1 fully saturated rings. The van der Waals surface area contributed by atoms with Crippen LogP contribution in [-0.2, 0) is 0 Å². The van der Waals surface area contributed by atoms with Crippen molar-refractivity contribution < 1.29 is 4.79 Å². The van der Waals surface area contributed by atoms with Crippen LogP contribution in [0.15, 0.2) is 18.2 Å². The van der Waals surface area contributed by atoms with E-state index in [9.17, 15) is 4.79 Å². The largest absolute Gasteiger partial charge is 0.334 e. The van der Waals surface area contributed by atoms with Crippen LogP contribution in [0.25, 0.3) is 0 Å². The summed E-state index contributed by atoms with van der Waals surface area (Å²) in [6.07, 6.45) is 3.27. The first-order chi connectivity index (χ1) is 9.02. The van der Waals surface area contributed by atoms with Gasteiger partial charge in [-0.25, -0.2) is 0 Å². The van der Waals surface area contributed by atoms with Gasteiger partial charge in [0.05, 0.1) is 0 Å². The summed E-state index contributed by atoms with van der Waals surface area (Å²) in [4.78, 5) is 14.7. The Morgan fingerprint density at radius 2 is 2.11 bits per heavy atom. The van der Waals surface area contributed by atoms with Gasteiger partial charge in [-0.15, -0.1) is 0 Å². The smallest absolute Gasteiger partial charge is 0.254 e. The van der Waals surface area contributed by atoms with Crippen molar-refractivity contribution in [2.45, 2.75) is 52.1 Å². The molecule has 0 bridgehead atoms. The van der Waals surface area contributed by atoms with Gasteiger partial charge in [-0.2, -0.15) is 0 Å². The van der Waals surface area contributed by atoms with Crippen LogP contribution in [0.3, 0.4) is 0 Å². The number of carbonyl (C=O) groups excluding carboxylic acids is 1. The van der Waals surface area contributed by atoms with Crippen molar-refractivity contribution in [3.63, 3.8) is 0 Å². The fourth-order valence-electron chi connectivity index (χ4n) is 2.89. The lowest BCUT2D eigenvalue weighted by Crippen LogP contribution is -2.51. The van der Waals surface area contributed by atoms with Crippen molar-refractivity contribution in [2.75, 3.05) is 6.54 Å². The van der Waals surface area contributed by atoms with Gasteiger partial charge in [0.2, 0.25) is 0 Å². The summed E-state index contributed by atoms with van der Waals surface area (Å²) in [5, 5.41) is 0. The van der Waals surface area contributed by atoms with Gasteiger partial charge >= 0.3 is 0 Å². The zero-order valence-electron chi connectivity index (χ0n) is 12.1. The topological polar surface area (TPSA) is 46.3 Å². The highest BCUT2D eigenvalue weighted by Gasteiger charge is 2.30. The van der Waals surface area contributed by atoms with Crippen LogP contribution in [0.2, 0.25) is 0 Å². The Bertz CT molecular complexity index is 468. The Labute approximate surface area is 115 Å². The summed E-state index contributed by atoms with van der Waals surface area (Å²) in [7, 11) is 0. The highest BCUT2D eigenvalue weighted by molar-refractivity contribution is 5.96. The van der Waals surface area contributed by atoms with Gasteiger partial charge in [0.25, 0.3) is 5.91 Å². The predicted octanol–water partition coefficient (Wildman–Crippen LogP) is 2.65. The number of benzene rings is 1. The summed E-state index contributed by atoms with van der Waals surface area (Å²) in [6, 6.07) is 6.15. The number of likely N-dealkylation sites (tertiary alicyclic amines) is 1. The minimum atomic E-state index is 0.0364. The Kier molecular flexibility index (Phi) is 4.25. The average molecular weight is 260 g/mol. The van der Waals surface area contributed by atoms with Crippen molar-refractivity contribution in [2.24, 2.45) is 5.73 Å². The Hall–Kier alpha value is -1.35. The van der Waals surface area contributed by atoms with Crippen molar-refractivity contribution in [3.8, 4) is 0 Å². The number of nitrogens with two attached hydrogens (primary N) is 1. The van der Waals surface area contributed by atoms with Crippen molar-refractivity contribution in [1.82, 2.24) is 4.90 Å². The van der Waals surface area contributed by atoms with Gasteiger partial charge in [0.15, 0.2) is 0 Å². The monoisotopic (exact) mass is 260 g/mol. The number of hydrogen-bond acceptors (Lipinski definition) is 2. The van der Waals surface area contributed by atoms with Crippen LogP contribution < -0.4 is 5.73 Å². The number of aryl methyl sites for hydroxylation is 1. The second-order valence-electron chi connectivity index (χ2n) is 5.67. The molecule has 1 aromatic rings. The molecule has 0 aliphatic carbocycles. The average Bonchev–Trinajstić information content (AvgIpc) is 2.41. The van der Waals surface area contributed by atoms with Crippen LogP contribution >= 0.6 is 0 Å². The van der Waals surface area contributed by atoms with Gasteiger partial charge in [0, 0.05) is 24.2 Å². The van der Waals surface area contributed by atoms with E-state index in [0.29, 0.717) is 0 Å². The fourth-order valence-corrected chi connectivity index (χ4v) is 2.89. The molecule has 2 rings (SSSR count). The van der Waals surface area contributed by atoms with Crippen LogP contribution in [-0.4, -0.2) is 29.4 Å². The van der Waals surface area contributed by atoms with Crippen molar-refractivity contribution in [1.29, 1.82) is 0 Å². The van der Waals surface area contributed by atoms with Crippen LogP contribution in [0, 0.1) is 13.8 Å². The van der Waals surface area contributed by atoms with Gasteiger partial charge in [-0.3, -0.25) is 4.79 Å². The number of carbonyl (C=O) groups is 1. The highest BCUT2D eigenvalue weighted by Crippen LogP contribution is 2.23. The van der Waals surface area contributed by atoms with Crippen molar-refractivity contribution in [3.05, 3.63) is 34.9 Å². The Morgan fingerprint density at radius 1 is 1.37 bits per heavy atom. The molecule has 104 valence electrons. The minimum absolute atomic E-state index is 0.0364. The molecule has 1 heterocycles. The predicted molar refractivity (Wildman–Crippen MR) is 78.2 cm³/mol. The number of rotatable bonds is 2. The fraction of sp³-hybridized carbons (Fsp3) is 0.562. The standard InChI is InChI=1S/C16H24N2O/c1-11-7-6-8-14(12(11)2)16(19)18-10-5-4-9-15(18)13(3)17/h6-8,13,15H,4-5,9-10,17H2,1-3H3/t13-,15-/m1/s1. The van der Waals surface area contributed by atoms with Crippen LogP contribution in [0.5, 0.6) is 0 Å². The maximum Gasteiger partial charge on any atom is 0.254 e. The Morgan fingerprint density at radius 3 is 2.79 bits per heavy atom. The maximum atomic E-state index is 12.8. The van der Waals surface area contributed by atoms with E-state index in [4.69, 9.17) is 5.73 Å². The molecule has 1 saturated heterocycles. The van der Waals surface area contributed by atoms with E-state index in [2.05, 4.69) is 0 Å². The Balaban J connectivity index is 2.29. The summed E-state index contributed by atoms with van der Waals surface area (Å²) in [6.45, 7) is 6.90. The molecule has 0 radical (unpaired) electrons. The highest BCUT2D eigenvalue weighted by atomic mass is 16.2. The van der Waals surface area contributed by atoms with Gasteiger partial charge < -0.3 is 10.6 Å². The lowest BCUT2D eigenvalue weighted by molar-refractivity contribution is 0.0583.